The van der Waals surface area contributed by atoms with Crippen molar-refractivity contribution in [2.75, 3.05) is 0 Å². The molecule has 0 spiro atoms. The van der Waals surface area contributed by atoms with Gasteiger partial charge in [0.1, 0.15) is 5.60 Å². The third-order valence-corrected chi connectivity index (χ3v) is 6.92. The molecule has 1 aromatic carbocycles. The van der Waals surface area contributed by atoms with Gasteiger partial charge in [-0.05, 0) is 87.0 Å². The highest BCUT2D eigenvalue weighted by molar-refractivity contribution is 7.94. The minimum atomic E-state index is -0.314. The summed E-state index contributed by atoms with van der Waals surface area (Å²) in [4.78, 5) is 13.4. The van der Waals surface area contributed by atoms with Crippen molar-refractivity contribution in [1.29, 1.82) is 0 Å². The molecule has 5 rings (SSSR count). The molecule has 4 bridgehead atoms. The first kappa shape index (κ1) is 16.4. The van der Waals surface area contributed by atoms with Crippen LogP contribution in [0.2, 0.25) is 0 Å². The minimum absolute atomic E-state index is 0.249. The fourth-order valence-electron chi connectivity index (χ4n) is 5.25. The molecule has 0 amide bonds. The topological polar surface area (TPSA) is 65.0 Å². The minimum Gasteiger partial charge on any atom is -0.455 e. The van der Waals surface area contributed by atoms with Crippen molar-refractivity contribution in [1.82, 2.24) is 0 Å². The van der Waals surface area contributed by atoms with E-state index < -0.39 is 0 Å². The third kappa shape index (κ3) is 2.86. The van der Waals surface area contributed by atoms with E-state index >= 15 is 0 Å². The van der Waals surface area contributed by atoms with E-state index in [0.29, 0.717) is 17.4 Å². The van der Waals surface area contributed by atoms with Gasteiger partial charge in [-0.25, -0.2) is 10.1 Å². The van der Waals surface area contributed by atoms with Crippen molar-refractivity contribution in [3.63, 3.8) is 0 Å². The molecule has 4 aliphatic rings. The Bertz CT molecular complexity index is 586. The van der Waals surface area contributed by atoms with Crippen LogP contribution >= 0.6 is 12.0 Å². The fourth-order valence-corrected chi connectivity index (χ4v) is 5.60. The molecule has 0 aliphatic heterocycles. The molecule has 130 valence electrons. The number of ether oxygens (including phenoxy) is 1. The first-order valence-corrected chi connectivity index (χ1v) is 9.31. The highest BCUT2D eigenvalue weighted by Gasteiger charge is 2.57. The molecule has 1 aromatic rings. The Morgan fingerprint density at radius 1 is 1.08 bits per heavy atom. The first-order valence-electron chi connectivity index (χ1n) is 8.56. The van der Waals surface area contributed by atoms with E-state index in [1.165, 1.54) is 32.1 Å². The largest absolute Gasteiger partial charge is 0.455 e. The van der Waals surface area contributed by atoms with Crippen LogP contribution in [-0.4, -0.2) is 16.8 Å². The van der Waals surface area contributed by atoms with Crippen LogP contribution in [0.4, 0.5) is 0 Å². The van der Waals surface area contributed by atoms with Crippen LogP contribution in [0, 0.1) is 23.7 Å². The molecular weight excluding hydrogens is 328 g/mol. The summed E-state index contributed by atoms with van der Waals surface area (Å²) in [5.41, 5.74) is 0.227. The molecule has 0 heterocycles. The lowest BCUT2D eigenvalue weighted by molar-refractivity contribution is -0.432. The molecule has 6 heteroatoms. The van der Waals surface area contributed by atoms with Crippen molar-refractivity contribution in [2.24, 2.45) is 23.7 Å². The normalized spacial score (nSPS) is 36.8. The van der Waals surface area contributed by atoms with Gasteiger partial charge in [0.2, 0.25) is 0 Å². The monoisotopic (exact) mass is 350 g/mol. The van der Waals surface area contributed by atoms with Crippen molar-refractivity contribution >= 4 is 18.0 Å². The van der Waals surface area contributed by atoms with E-state index in [0.717, 1.165) is 28.8 Å². The summed E-state index contributed by atoms with van der Waals surface area (Å²) < 4.78 is 10.5. The maximum Gasteiger partial charge on any atom is 0.338 e. The summed E-state index contributed by atoms with van der Waals surface area (Å²) in [5, 5.41) is 11.7. The molecule has 0 atom stereocenters. The SMILES string of the molecule is CC1(OC(=O)c2ccc(SOOO)cc2)C2CC3CC(C2)CC1C3. The average Bonchev–Trinajstić information content (AvgIpc) is 2.58. The van der Waals surface area contributed by atoms with E-state index in [1.807, 2.05) is 0 Å². The van der Waals surface area contributed by atoms with Crippen LogP contribution in [0.25, 0.3) is 0 Å². The molecule has 24 heavy (non-hydrogen) atoms. The second-order valence-electron chi connectivity index (χ2n) is 7.63. The van der Waals surface area contributed by atoms with Gasteiger partial charge in [-0.15, -0.1) is 4.33 Å². The van der Waals surface area contributed by atoms with Crippen molar-refractivity contribution in [3.05, 3.63) is 29.8 Å². The van der Waals surface area contributed by atoms with Crippen LogP contribution < -0.4 is 0 Å². The molecule has 0 radical (unpaired) electrons. The molecular formula is C18H22O5S. The van der Waals surface area contributed by atoms with Crippen LogP contribution in [-0.2, 0) is 14.1 Å². The molecule has 1 N–H and O–H groups in total. The van der Waals surface area contributed by atoms with Crippen LogP contribution in [0.1, 0.15) is 49.4 Å². The Kier molecular flexibility index (Phi) is 4.33. The van der Waals surface area contributed by atoms with Gasteiger partial charge >= 0.3 is 5.97 Å². The third-order valence-electron chi connectivity index (χ3n) is 6.32. The van der Waals surface area contributed by atoms with Crippen LogP contribution in [0.3, 0.4) is 0 Å². The first-order chi connectivity index (χ1) is 11.6. The highest BCUT2D eigenvalue weighted by atomic mass is 32.2. The van der Waals surface area contributed by atoms with E-state index in [1.54, 1.807) is 24.3 Å². The lowest BCUT2D eigenvalue weighted by Crippen LogP contribution is -2.58. The summed E-state index contributed by atoms with van der Waals surface area (Å²) in [6.45, 7) is 2.15. The summed E-state index contributed by atoms with van der Waals surface area (Å²) in [6, 6.07) is 6.90. The number of benzene rings is 1. The van der Waals surface area contributed by atoms with E-state index in [2.05, 4.69) is 16.3 Å². The Morgan fingerprint density at radius 2 is 1.67 bits per heavy atom. The molecule has 0 saturated heterocycles. The second-order valence-corrected chi connectivity index (χ2v) is 8.40. The van der Waals surface area contributed by atoms with Gasteiger partial charge in [0.15, 0.2) is 0 Å². The Labute approximate surface area is 145 Å². The van der Waals surface area contributed by atoms with Gasteiger partial charge in [0.25, 0.3) is 0 Å². The fraction of sp³-hybridized carbons (Fsp3) is 0.611. The van der Waals surface area contributed by atoms with Gasteiger partial charge in [0.05, 0.1) is 17.6 Å². The highest BCUT2D eigenvalue weighted by Crippen LogP contribution is 2.59. The zero-order chi connectivity index (χ0) is 16.7. The van der Waals surface area contributed by atoms with E-state index in [9.17, 15) is 4.79 Å². The summed E-state index contributed by atoms with van der Waals surface area (Å²) >= 11 is 0.870. The maximum atomic E-state index is 12.6. The van der Waals surface area contributed by atoms with Gasteiger partial charge in [-0.1, -0.05) is 5.04 Å². The van der Waals surface area contributed by atoms with Gasteiger partial charge in [-0.3, -0.25) is 0 Å². The van der Waals surface area contributed by atoms with Crippen molar-refractivity contribution in [2.45, 2.75) is 49.5 Å². The van der Waals surface area contributed by atoms with Gasteiger partial charge in [-0.2, -0.15) is 0 Å². The quantitative estimate of drug-likeness (QED) is 0.365. The van der Waals surface area contributed by atoms with Gasteiger partial charge in [0, 0.05) is 4.90 Å². The smallest absolute Gasteiger partial charge is 0.338 e. The summed E-state index contributed by atoms with van der Waals surface area (Å²) in [6.07, 6.45) is 6.24. The van der Waals surface area contributed by atoms with E-state index in [-0.39, 0.29) is 11.6 Å². The second kappa shape index (κ2) is 6.33. The van der Waals surface area contributed by atoms with Crippen LogP contribution in [0.5, 0.6) is 0 Å². The summed E-state index contributed by atoms with van der Waals surface area (Å²) in [5.74, 6) is 2.49. The van der Waals surface area contributed by atoms with Gasteiger partial charge < -0.3 is 4.74 Å². The standard InChI is InChI=1S/C18H22O5S/c1-18(14-7-11-6-12(9-14)10-15(18)8-11)21-17(19)13-2-4-16(5-3-13)24-23-22-20/h2-5,11-12,14-15,20H,6-10H2,1H3. The average molecular weight is 350 g/mol. The number of carbonyl (C=O) groups excluding carboxylic acids is 1. The lowest BCUT2D eigenvalue weighted by atomic mass is 9.50. The molecule has 0 unspecified atom stereocenters. The molecule has 4 fully saturated rings. The zero-order valence-corrected chi connectivity index (χ0v) is 14.5. The Balaban J connectivity index is 1.45. The zero-order valence-electron chi connectivity index (χ0n) is 13.6. The predicted octanol–water partition coefficient (Wildman–Crippen LogP) is 4.49. The maximum absolute atomic E-state index is 12.6. The molecule has 0 aromatic heterocycles. The number of hydrogen-bond donors (Lipinski definition) is 1. The van der Waals surface area contributed by atoms with Crippen molar-refractivity contribution in [3.8, 4) is 0 Å². The predicted molar refractivity (Wildman–Crippen MR) is 88.0 cm³/mol. The number of hydrogen-bond acceptors (Lipinski definition) is 6. The Hall–Kier alpha value is -1.08. The molecule has 5 nitrogen and oxygen atoms in total. The van der Waals surface area contributed by atoms with Crippen LogP contribution in [0.15, 0.2) is 29.2 Å². The van der Waals surface area contributed by atoms with Crippen molar-refractivity contribution < 1.29 is 24.2 Å². The molecule has 4 aliphatic carbocycles. The summed E-state index contributed by atoms with van der Waals surface area (Å²) in [7, 11) is 0. The van der Waals surface area contributed by atoms with E-state index in [4.69, 9.17) is 9.99 Å². The number of rotatable bonds is 5. The molecule has 4 saturated carbocycles. The lowest BCUT2D eigenvalue weighted by Gasteiger charge is -2.59. The number of carbonyl (C=O) groups is 1. The Morgan fingerprint density at radius 3 is 2.21 bits per heavy atom. The number of esters is 1.